The van der Waals surface area contributed by atoms with Gasteiger partial charge in [-0.15, -0.1) is 0 Å². The number of unbranched alkanes of at least 4 members (excludes halogenated alkanes) is 1. The van der Waals surface area contributed by atoms with Crippen molar-refractivity contribution in [2.45, 2.75) is 26.7 Å². The highest BCUT2D eigenvalue weighted by molar-refractivity contribution is 7.93. The fourth-order valence-corrected chi connectivity index (χ4v) is 1.87. The molecule has 0 radical (unpaired) electrons. The molecule has 0 rings (SSSR count). The van der Waals surface area contributed by atoms with E-state index in [0.29, 0.717) is 12.5 Å². The van der Waals surface area contributed by atoms with Crippen LogP contribution in [0.3, 0.4) is 0 Å². The molecule has 0 aliphatic carbocycles. The fourth-order valence-electron chi connectivity index (χ4n) is 1.59. The van der Waals surface area contributed by atoms with E-state index in [-0.39, 0.29) is 5.91 Å². The molecule has 0 heterocycles. The molecule has 5 heteroatoms. The SMILES string of the molecule is CSOCCCCNC(=O)CN(C)CC(C)C. The first kappa shape index (κ1) is 16.7. The fraction of sp³-hybridized carbons (Fsp3) is 0.917. The van der Waals surface area contributed by atoms with Gasteiger partial charge in [-0.25, -0.2) is 0 Å². The minimum Gasteiger partial charge on any atom is -0.355 e. The molecule has 0 saturated carbocycles. The van der Waals surface area contributed by atoms with E-state index in [1.807, 2.05) is 13.3 Å². The van der Waals surface area contributed by atoms with Gasteiger partial charge in [0.05, 0.1) is 13.2 Å². The molecule has 1 N–H and O–H groups in total. The lowest BCUT2D eigenvalue weighted by molar-refractivity contribution is -0.122. The number of carbonyl (C=O) groups excluding carboxylic acids is 1. The van der Waals surface area contributed by atoms with Crippen molar-refractivity contribution in [3.8, 4) is 0 Å². The quantitative estimate of drug-likeness (QED) is 0.481. The minimum atomic E-state index is 0.110. The number of rotatable bonds is 10. The molecule has 0 fully saturated rings. The maximum atomic E-state index is 11.5. The Kier molecular flexibility index (Phi) is 10.7. The van der Waals surface area contributed by atoms with E-state index >= 15 is 0 Å². The smallest absolute Gasteiger partial charge is 0.234 e. The third-order valence-electron chi connectivity index (χ3n) is 2.18. The molecule has 102 valence electrons. The van der Waals surface area contributed by atoms with Gasteiger partial charge in [-0.2, -0.15) is 0 Å². The van der Waals surface area contributed by atoms with E-state index in [9.17, 15) is 4.79 Å². The van der Waals surface area contributed by atoms with E-state index in [1.54, 1.807) is 0 Å². The Morgan fingerprint density at radius 2 is 2.12 bits per heavy atom. The second kappa shape index (κ2) is 10.9. The highest BCUT2D eigenvalue weighted by Gasteiger charge is 2.06. The Bertz CT molecular complexity index is 201. The lowest BCUT2D eigenvalue weighted by atomic mass is 10.2. The monoisotopic (exact) mass is 262 g/mol. The first-order chi connectivity index (χ1) is 8.06. The average Bonchev–Trinajstić information content (AvgIpc) is 2.21. The van der Waals surface area contributed by atoms with Gasteiger partial charge >= 0.3 is 0 Å². The van der Waals surface area contributed by atoms with Crippen molar-refractivity contribution < 1.29 is 8.98 Å². The van der Waals surface area contributed by atoms with E-state index in [0.717, 1.165) is 32.5 Å². The maximum Gasteiger partial charge on any atom is 0.234 e. The summed E-state index contributed by atoms with van der Waals surface area (Å²) in [6.45, 7) is 7.24. The molecule has 1 amide bonds. The second-order valence-electron chi connectivity index (χ2n) is 4.64. The molecule has 0 aromatic rings. The maximum absolute atomic E-state index is 11.5. The van der Waals surface area contributed by atoms with Crippen LogP contribution in [0, 0.1) is 5.92 Å². The third-order valence-corrected chi connectivity index (χ3v) is 2.59. The normalized spacial score (nSPS) is 11.2. The number of amides is 1. The Labute approximate surface area is 110 Å². The summed E-state index contributed by atoms with van der Waals surface area (Å²) in [5.74, 6) is 0.704. The molecule has 0 atom stereocenters. The van der Waals surface area contributed by atoms with Crippen molar-refractivity contribution >= 4 is 17.9 Å². The summed E-state index contributed by atoms with van der Waals surface area (Å²) in [4.78, 5) is 13.6. The van der Waals surface area contributed by atoms with Crippen LogP contribution in [0.5, 0.6) is 0 Å². The first-order valence-corrected chi connectivity index (χ1v) is 7.32. The molecule has 0 unspecified atom stereocenters. The largest absolute Gasteiger partial charge is 0.355 e. The number of carbonyl (C=O) groups is 1. The molecular formula is C12H26N2O2S. The topological polar surface area (TPSA) is 41.6 Å². The van der Waals surface area contributed by atoms with Gasteiger partial charge in [0.1, 0.15) is 0 Å². The second-order valence-corrected chi connectivity index (χ2v) is 5.21. The summed E-state index contributed by atoms with van der Waals surface area (Å²) in [6.07, 6.45) is 3.87. The molecule has 0 spiro atoms. The van der Waals surface area contributed by atoms with Crippen LogP contribution in [0.4, 0.5) is 0 Å². The van der Waals surface area contributed by atoms with E-state index in [1.165, 1.54) is 12.0 Å². The lowest BCUT2D eigenvalue weighted by Crippen LogP contribution is -2.37. The van der Waals surface area contributed by atoms with Gasteiger partial charge in [-0.1, -0.05) is 13.8 Å². The summed E-state index contributed by atoms with van der Waals surface area (Å²) in [6, 6.07) is 0. The predicted molar refractivity (Wildman–Crippen MR) is 74.0 cm³/mol. The molecule has 4 nitrogen and oxygen atoms in total. The van der Waals surface area contributed by atoms with E-state index < -0.39 is 0 Å². The zero-order chi connectivity index (χ0) is 13.1. The standard InChI is InChI=1S/C12H26N2O2S/c1-11(2)9-14(3)10-12(15)13-7-5-6-8-16-17-4/h11H,5-10H2,1-4H3,(H,13,15). The highest BCUT2D eigenvalue weighted by Crippen LogP contribution is 1.98. The predicted octanol–water partition coefficient (Wildman–Crippen LogP) is 1.77. The van der Waals surface area contributed by atoms with Crippen LogP contribution in [0.15, 0.2) is 0 Å². The van der Waals surface area contributed by atoms with Crippen molar-refractivity contribution in [1.82, 2.24) is 10.2 Å². The molecule has 0 bridgehead atoms. The molecule has 0 aromatic heterocycles. The molecule has 0 saturated heterocycles. The van der Waals surface area contributed by atoms with Crippen molar-refractivity contribution in [3.63, 3.8) is 0 Å². The van der Waals surface area contributed by atoms with E-state index in [2.05, 4.69) is 24.1 Å². The van der Waals surface area contributed by atoms with Crippen molar-refractivity contribution in [3.05, 3.63) is 0 Å². The van der Waals surface area contributed by atoms with Gasteiger partial charge in [0.25, 0.3) is 0 Å². The number of likely N-dealkylation sites (N-methyl/N-ethyl adjacent to an activating group) is 1. The van der Waals surface area contributed by atoms with Crippen LogP contribution in [0.2, 0.25) is 0 Å². The van der Waals surface area contributed by atoms with Crippen LogP contribution in [0.1, 0.15) is 26.7 Å². The Balaban J connectivity index is 3.40. The number of nitrogens with zero attached hydrogens (tertiary/aromatic N) is 1. The van der Waals surface area contributed by atoms with Gasteiger partial charge in [0.15, 0.2) is 0 Å². The van der Waals surface area contributed by atoms with Crippen LogP contribution < -0.4 is 5.32 Å². The van der Waals surface area contributed by atoms with Crippen molar-refractivity contribution in [1.29, 1.82) is 0 Å². The van der Waals surface area contributed by atoms with Gasteiger partial charge in [0, 0.05) is 19.3 Å². The molecular weight excluding hydrogens is 236 g/mol. The van der Waals surface area contributed by atoms with Gasteiger partial charge in [-0.3, -0.25) is 9.69 Å². The van der Waals surface area contributed by atoms with Crippen molar-refractivity contribution in [2.75, 3.05) is 39.5 Å². The van der Waals surface area contributed by atoms with Crippen LogP contribution in [0.25, 0.3) is 0 Å². The van der Waals surface area contributed by atoms with Crippen LogP contribution in [-0.2, 0) is 8.98 Å². The van der Waals surface area contributed by atoms with E-state index in [4.69, 9.17) is 4.18 Å². The molecule has 0 aliphatic heterocycles. The highest BCUT2D eigenvalue weighted by atomic mass is 32.2. The molecule has 0 aromatic carbocycles. The zero-order valence-electron chi connectivity index (χ0n) is 11.5. The Morgan fingerprint density at radius 1 is 1.41 bits per heavy atom. The summed E-state index contributed by atoms with van der Waals surface area (Å²) in [5.41, 5.74) is 0. The summed E-state index contributed by atoms with van der Waals surface area (Å²) in [7, 11) is 1.98. The lowest BCUT2D eigenvalue weighted by Gasteiger charge is -2.18. The van der Waals surface area contributed by atoms with Crippen LogP contribution in [-0.4, -0.2) is 50.4 Å². The Hall–Kier alpha value is -0.260. The summed E-state index contributed by atoms with van der Waals surface area (Å²) >= 11 is 1.39. The van der Waals surface area contributed by atoms with Gasteiger partial charge in [0.2, 0.25) is 5.91 Å². The van der Waals surface area contributed by atoms with Crippen molar-refractivity contribution in [2.24, 2.45) is 5.92 Å². The van der Waals surface area contributed by atoms with Gasteiger partial charge in [-0.05, 0) is 37.8 Å². The van der Waals surface area contributed by atoms with Gasteiger partial charge < -0.3 is 9.50 Å². The van der Waals surface area contributed by atoms with Crippen LogP contribution >= 0.6 is 12.0 Å². The minimum absolute atomic E-state index is 0.110. The Morgan fingerprint density at radius 3 is 2.71 bits per heavy atom. The first-order valence-electron chi connectivity index (χ1n) is 6.17. The number of hydrogen-bond acceptors (Lipinski definition) is 4. The summed E-state index contributed by atoms with van der Waals surface area (Å²) in [5, 5.41) is 2.92. The number of nitrogens with one attached hydrogen (secondary N) is 1. The average molecular weight is 262 g/mol. The number of hydrogen-bond donors (Lipinski definition) is 1. The molecule has 0 aliphatic rings. The summed E-state index contributed by atoms with van der Waals surface area (Å²) < 4.78 is 5.14. The third kappa shape index (κ3) is 12.0. The molecule has 17 heavy (non-hydrogen) atoms. The zero-order valence-corrected chi connectivity index (χ0v) is 12.3.